The van der Waals surface area contributed by atoms with Gasteiger partial charge in [-0.2, -0.15) is 0 Å². The molecule has 1 aromatic heterocycles. The van der Waals surface area contributed by atoms with E-state index in [4.69, 9.17) is 10.8 Å². The lowest BCUT2D eigenvalue weighted by Crippen LogP contribution is -2.41. The zero-order valence-corrected chi connectivity index (χ0v) is 10.7. The van der Waals surface area contributed by atoms with Crippen LogP contribution in [0.2, 0.25) is 0 Å². The van der Waals surface area contributed by atoms with Crippen molar-refractivity contribution in [2.45, 2.75) is 32.4 Å². The maximum absolute atomic E-state index is 9.15. The summed E-state index contributed by atoms with van der Waals surface area (Å²) in [6.45, 7) is 5.89. The predicted molar refractivity (Wildman–Crippen MR) is 69.6 cm³/mol. The van der Waals surface area contributed by atoms with Gasteiger partial charge >= 0.3 is 0 Å². The molecule has 1 aromatic rings. The van der Waals surface area contributed by atoms with Crippen LogP contribution in [0.3, 0.4) is 0 Å². The largest absolute Gasteiger partial charge is 0.395 e. The molecule has 0 fully saturated rings. The summed E-state index contributed by atoms with van der Waals surface area (Å²) >= 11 is 0. The Morgan fingerprint density at radius 1 is 1.35 bits per heavy atom. The van der Waals surface area contributed by atoms with Crippen LogP contribution in [0.5, 0.6) is 0 Å². The molecule has 0 bridgehead atoms. The number of nitrogens with zero attached hydrogens (tertiary/aromatic N) is 2. The van der Waals surface area contributed by atoms with Crippen molar-refractivity contribution in [3.05, 3.63) is 30.1 Å². The van der Waals surface area contributed by atoms with Crippen LogP contribution in [0.15, 0.2) is 24.5 Å². The van der Waals surface area contributed by atoms with Crippen LogP contribution in [0.4, 0.5) is 0 Å². The number of hydrogen-bond acceptors (Lipinski definition) is 4. The molecule has 0 aromatic carbocycles. The molecule has 4 nitrogen and oxygen atoms in total. The first-order valence-electron chi connectivity index (χ1n) is 6.21. The Morgan fingerprint density at radius 3 is 2.47 bits per heavy atom. The van der Waals surface area contributed by atoms with Crippen molar-refractivity contribution in [2.24, 2.45) is 5.73 Å². The summed E-state index contributed by atoms with van der Waals surface area (Å²) in [7, 11) is 0. The first-order valence-corrected chi connectivity index (χ1v) is 6.21. The normalized spacial score (nSPS) is 14.9. The van der Waals surface area contributed by atoms with E-state index in [0.717, 1.165) is 18.5 Å². The molecule has 0 amide bonds. The molecular formula is C13H23N3O. The van der Waals surface area contributed by atoms with E-state index in [2.05, 4.69) is 16.8 Å². The molecule has 0 radical (unpaired) electrons. The first-order chi connectivity index (χ1) is 8.20. The standard InChI is InChI=1S/C13H23N3O/c1-3-8-16(9-10-17)13(11(2)14)12-4-6-15-7-5-12/h4-7,11,13,17H,3,8-10,14H2,1-2H3. The molecule has 0 aliphatic rings. The van der Waals surface area contributed by atoms with Gasteiger partial charge < -0.3 is 10.8 Å². The van der Waals surface area contributed by atoms with Crippen LogP contribution < -0.4 is 5.73 Å². The quantitative estimate of drug-likeness (QED) is 0.747. The number of hydrogen-bond donors (Lipinski definition) is 2. The average molecular weight is 237 g/mol. The summed E-state index contributed by atoms with van der Waals surface area (Å²) in [6, 6.07) is 4.16. The summed E-state index contributed by atoms with van der Waals surface area (Å²) in [5.74, 6) is 0. The number of pyridine rings is 1. The maximum atomic E-state index is 9.15. The zero-order valence-electron chi connectivity index (χ0n) is 10.7. The second-order valence-electron chi connectivity index (χ2n) is 4.34. The smallest absolute Gasteiger partial charge is 0.0558 e. The van der Waals surface area contributed by atoms with Gasteiger partial charge in [0.1, 0.15) is 0 Å². The van der Waals surface area contributed by atoms with Crippen LogP contribution in [-0.2, 0) is 0 Å². The highest BCUT2D eigenvalue weighted by Crippen LogP contribution is 2.22. The van der Waals surface area contributed by atoms with Crippen molar-refractivity contribution >= 4 is 0 Å². The molecule has 4 heteroatoms. The topological polar surface area (TPSA) is 62.4 Å². The Morgan fingerprint density at radius 2 is 2.00 bits per heavy atom. The highest BCUT2D eigenvalue weighted by atomic mass is 16.3. The van der Waals surface area contributed by atoms with Gasteiger partial charge in [0, 0.05) is 31.0 Å². The van der Waals surface area contributed by atoms with Crippen molar-refractivity contribution in [2.75, 3.05) is 19.7 Å². The molecule has 0 saturated heterocycles. The third-order valence-corrected chi connectivity index (χ3v) is 2.84. The van der Waals surface area contributed by atoms with Gasteiger partial charge in [-0.1, -0.05) is 6.92 Å². The Labute approximate surface area is 103 Å². The number of nitrogens with two attached hydrogens (primary N) is 1. The van der Waals surface area contributed by atoms with Crippen molar-refractivity contribution in [3.8, 4) is 0 Å². The van der Waals surface area contributed by atoms with E-state index in [0.29, 0.717) is 6.54 Å². The minimum Gasteiger partial charge on any atom is -0.395 e. The molecular weight excluding hydrogens is 214 g/mol. The third-order valence-electron chi connectivity index (χ3n) is 2.84. The molecule has 1 heterocycles. The fourth-order valence-electron chi connectivity index (χ4n) is 2.21. The van der Waals surface area contributed by atoms with E-state index in [9.17, 15) is 0 Å². The fourth-order valence-corrected chi connectivity index (χ4v) is 2.21. The minimum atomic E-state index is 0.0236. The highest BCUT2D eigenvalue weighted by molar-refractivity contribution is 5.17. The number of aliphatic hydroxyl groups is 1. The summed E-state index contributed by atoms with van der Waals surface area (Å²) < 4.78 is 0. The van der Waals surface area contributed by atoms with Gasteiger partial charge in [-0.25, -0.2) is 0 Å². The summed E-state index contributed by atoms with van der Waals surface area (Å²) in [5, 5.41) is 9.15. The molecule has 0 aliphatic heterocycles. The van der Waals surface area contributed by atoms with Gasteiger partial charge in [-0.15, -0.1) is 0 Å². The van der Waals surface area contributed by atoms with Gasteiger partial charge in [0.2, 0.25) is 0 Å². The lowest BCUT2D eigenvalue weighted by molar-refractivity contribution is 0.137. The van der Waals surface area contributed by atoms with Gasteiger partial charge in [0.15, 0.2) is 0 Å². The van der Waals surface area contributed by atoms with Crippen LogP contribution in [-0.4, -0.2) is 40.7 Å². The van der Waals surface area contributed by atoms with Gasteiger partial charge in [-0.3, -0.25) is 9.88 Å². The molecule has 0 aliphatic carbocycles. The van der Waals surface area contributed by atoms with E-state index in [1.165, 1.54) is 0 Å². The van der Waals surface area contributed by atoms with E-state index in [1.54, 1.807) is 12.4 Å². The summed E-state index contributed by atoms with van der Waals surface area (Å²) in [4.78, 5) is 6.27. The lowest BCUT2D eigenvalue weighted by Gasteiger charge is -2.34. The molecule has 2 atom stereocenters. The Balaban J connectivity index is 2.90. The van der Waals surface area contributed by atoms with Crippen molar-refractivity contribution in [3.63, 3.8) is 0 Å². The van der Waals surface area contributed by atoms with Crippen molar-refractivity contribution < 1.29 is 5.11 Å². The molecule has 0 saturated carbocycles. The molecule has 2 unspecified atom stereocenters. The van der Waals surface area contributed by atoms with Gasteiger partial charge in [0.05, 0.1) is 6.61 Å². The average Bonchev–Trinajstić information content (AvgIpc) is 2.31. The molecule has 17 heavy (non-hydrogen) atoms. The zero-order chi connectivity index (χ0) is 12.7. The van der Waals surface area contributed by atoms with E-state index >= 15 is 0 Å². The second kappa shape index (κ2) is 7.37. The van der Waals surface area contributed by atoms with Crippen LogP contribution >= 0.6 is 0 Å². The Hall–Kier alpha value is -0.970. The Kier molecular flexibility index (Phi) is 6.11. The second-order valence-corrected chi connectivity index (χ2v) is 4.34. The third kappa shape index (κ3) is 4.07. The van der Waals surface area contributed by atoms with Gasteiger partial charge in [0.25, 0.3) is 0 Å². The SMILES string of the molecule is CCCN(CCO)C(c1ccncc1)C(C)N. The van der Waals surface area contributed by atoms with Gasteiger partial charge in [-0.05, 0) is 37.6 Å². The van der Waals surface area contributed by atoms with E-state index in [-0.39, 0.29) is 18.7 Å². The monoisotopic (exact) mass is 237 g/mol. The lowest BCUT2D eigenvalue weighted by atomic mass is 10.00. The summed E-state index contributed by atoms with van der Waals surface area (Å²) in [5.41, 5.74) is 7.25. The van der Waals surface area contributed by atoms with Crippen LogP contribution in [0, 0.1) is 0 Å². The highest BCUT2D eigenvalue weighted by Gasteiger charge is 2.22. The maximum Gasteiger partial charge on any atom is 0.0558 e. The fraction of sp³-hybridized carbons (Fsp3) is 0.615. The minimum absolute atomic E-state index is 0.0236. The van der Waals surface area contributed by atoms with Crippen molar-refractivity contribution in [1.29, 1.82) is 0 Å². The summed E-state index contributed by atoms with van der Waals surface area (Å²) in [6.07, 6.45) is 4.62. The number of aliphatic hydroxyl groups excluding tert-OH is 1. The van der Waals surface area contributed by atoms with E-state index < -0.39 is 0 Å². The predicted octanol–water partition coefficient (Wildman–Crippen LogP) is 1.17. The Bertz CT molecular complexity index is 297. The van der Waals surface area contributed by atoms with Crippen LogP contribution in [0.1, 0.15) is 31.9 Å². The number of aromatic nitrogens is 1. The van der Waals surface area contributed by atoms with Crippen LogP contribution in [0.25, 0.3) is 0 Å². The first kappa shape index (κ1) is 14.1. The molecule has 3 N–H and O–H groups in total. The van der Waals surface area contributed by atoms with Crippen molar-refractivity contribution in [1.82, 2.24) is 9.88 Å². The number of rotatable bonds is 7. The molecule has 96 valence electrons. The molecule has 0 spiro atoms. The van der Waals surface area contributed by atoms with E-state index in [1.807, 2.05) is 19.1 Å². The molecule has 1 rings (SSSR count).